The highest BCUT2D eigenvalue weighted by Crippen LogP contribution is 2.22. The van der Waals surface area contributed by atoms with Crippen LogP contribution in [0.5, 0.6) is 0 Å². The van der Waals surface area contributed by atoms with Crippen LogP contribution in [0.2, 0.25) is 0 Å². The molecule has 2 atom stereocenters. The molecule has 2 rings (SSSR count). The molecule has 0 saturated carbocycles. The molecule has 1 aromatic carbocycles. The molecule has 0 aliphatic carbocycles. The Morgan fingerprint density at radius 1 is 1.04 bits per heavy atom. The summed E-state index contributed by atoms with van der Waals surface area (Å²) in [6, 6.07) is 8.56. The molecule has 1 aromatic rings. The summed E-state index contributed by atoms with van der Waals surface area (Å²) in [5, 5.41) is 3.07. The predicted octanol–water partition coefficient (Wildman–Crippen LogP) is 3.21. The zero-order valence-electron chi connectivity index (χ0n) is 17.1. The van der Waals surface area contributed by atoms with E-state index >= 15 is 0 Å². The number of nitrogens with zero attached hydrogens (tertiary/aromatic N) is 1. The van der Waals surface area contributed by atoms with Gasteiger partial charge in [-0.15, -0.1) is 0 Å². The summed E-state index contributed by atoms with van der Waals surface area (Å²) >= 11 is 0. The molecule has 1 fully saturated rings. The number of unbranched alkanes of at least 4 members (excludes halogenated alkanes) is 2. The molecule has 1 saturated heterocycles. The van der Waals surface area contributed by atoms with E-state index in [4.69, 9.17) is 4.74 Å². The molecule has 27 heavy (non-hydrogen) atoms. The van der Waals surface area contributed by atoms with E-state index in [1.54, 1.807) is 13.8 Å². The lowest BCUT2D eigenvalue weighted by Crippen LogP contribution is -2.45. The number of morpholine rings is 1. The Bertz CT molecular complexity index is 652. The number of hydrogen-bond acceptors (Lipinski definition) is 5. The number of nitrogens with one attached hydrogen (secondary N) is 2. The monoisotopic (exact) mass is 397 g/mol. The second-order valence-corrected chi connectivity index (χ2v) is 10.0. The van der Waals surface area contributed by atoms with Gasteiger partial charge in [-0.05, 0) is 64.8 Å². The summed E-state index contributed by atoms with van der Waals surface area (Å²) in [6.45, 7) is 10.9. The van der Waals surface area contributed by atoms with Crippen molar-refractivity contribution in [2.24, 2.45) is 0 Å². The van der Waals surface area contributed by atoms with E-state index < -0.39 is 10.0 Å². The second kappa shape index (κ2) is 10.3. The zero-order chi connectivity index (χ0) is 19.9. The standard InChI is InChI=1S/C20H35N3O3S/c1-16(2)27(24,25)22-13-7-5-6-12-21-19-8-10-20(11-9-19)23-14-17(3)26-18(4)15-23/h8-11,16-18,21-22H,5-7,12-15H2,1-4H3/t17-,18-/m1/s1. The second-order valence-electron chi connectivity index (χ2n) is 7.68. The molecule has 0 radical (unpaired) electrons. The van der Waals surface area contributed by atoms with Gasteiger partial charge < -0.3 is 15.0 Å². The van der Waals surface area contributed by atoms with E-state index in [0.717, 1.165) is 44.6 Å². The van der Waals surface area contributed by atoms with Crippen molar-refractivity contribution in [3.63, 3.8) is 0 Å². The van der Waals surface area contributed by atoms with Crippen LogP contribution >= 0.6 is 0 Å². The lowest BCUT2D eigenvalue weighted by atomic mass is 10.2. The maximum atomic E-state index is 11.6. The van der Waals surface area contributed by atoms with E-state index in [9.17, 15) is 8.42 Å². The van der Waals surface area contributed by atoms with Gasteiger partial charge in [-0.2, -0.15) is 0 Å². The van der Waals surface area contributed by atoms with Gasteiger partial charge in [-0.3, -0.25) is 0 Å². The quantitative estimate of drug-likeness (QED) is 0.593. The number of sulfonamides is 1. The minimum Gasteiger partial charge on any atom is -0.385 e. The van der Waals surface area contributed by atoms with E-state index in [2.05, 4.69) is 53.1 Å². The topological polar surface area (TPSA) is 70.7 Å². The van der Waals surface area contributed by atoms with Crippen LogP contribution in [0, 0.1) is 0 Å². The first-order valence-corrected chi connectivity index (χ1v) is 11.6. The Kier molecular flexibility index (Phi) is 8.38. The molecule has 2 N–H and O–H groups in total. The third-order valence-electron chi connectivity index (χ3n) is 4.76. The number of hydrogen-bond donors (Lipinski definition) is 2. The molecule has 0 unspecified atom stereocenters. The third-order valence-corrected chi connectivity index (χ3v) is 6.61. The number of anilines is 2. The van der Waals surface area contributed by atoms with Gasteiger partial charge in [-0.25, -0.2) is 13.1 Å². The van der Waals surface area contributed by atoms with E-state index in [1.807, 2.05) is 0 Å². The molecule has 1 aliphatic rings. The summed E-state index contributed by atoms with van der Waals surface area (Å²) in [6.07, 6.45) is 3.40. The van der Waals surface area contributed by atoms with Crippen molar-refractivity contribution in [2.45, 2.75) is 64.4 Å². The molecule has 0 bridgehead atoms. The molecule has 7 heteroatoms. The molecule has 154 valence electrons. The fourth-order valence-corrected chi connectivity index (χ4v) is 3.98. The first kappa shape index (κ1) is 22.0. The molecule has 1 aliphatic heterocycles. The maximum Gasteiger partial charge on any atom is 0.213 e. The van der Waals surface area contributed by atoms with Gasteiger partial charge in [0.2, 0.25) is 10.0 Å². The average Bonchev–Trinajstić information content (AvgIpc) is 2.60. The fraction of sp³-hybridized carbons (Fsp3) is 0.700. The van der Waals surface area contributed by atoms with Crippen LogP contribution in [0.3, 0.4) is 0 Å². The highest BCUT2D eigenvalue weighted by Gasteiger charge is 2.22. The lowest BCUT2D eigenvalue weighted by molar-refractivity contribution is -0.00521. The number of benzene rings is 1. The first-order valence-electron chi connectivity index (χ1n) is 10.0. The largest absolute Gasteiger partial charge is 0.385 e. The summed E-state index contributed by atoms with van der Waals surface area (Å²) < 4.78 is 31.7. The Labute approximate surface area is 164 Å². The van der Waals surface area contributed by atoms with Gasteiger partial charge in [0.15, 0.2) is 0 Å². The highest BCUT2D eigenvalue weighted by atomic mass is 32.2. The third kappa shape index (κ3) is 7.31. The van der Waals surface area contributed by atoms with Crippen molar-refractivity contribution in [2.75, 3.05) is 36.4 Å². The lowest BCUT2D eigenvalue weighted by Gasteiger charge is -2.36. The zero-order valence-corrected chi connectivity index (χ0v) is 17.9. The van der Waals surface area contributed by atoms with E-state index in [-0.39, 0.29) is 17.5 Å². The summed E-state index contributed by atoms with van der Waals surface area (Å²) in [7, 11) is -3.13. The Hall–Kier alpha value is -1.31. The van der Waals surface area contributed by atoms with Crippen LogP contribution in [-0.2, 0) is 14.8 Å². The molecule has 0 amide bonds. The van der Waals surface area contributed by atoms with Crippen molar-refractivity contribution in [3.05, 3.63) is 24.3 Å². The molecular weight excluding hydrogens is 362 g/mol. The molecule has 1 heterocycles. The number of rotatable bonds is 10. The van der Waals surface area contributed by atoms with Gasteiger partial charge >= 0.3 is 0 Å². The number of ether oxygens (including phenoxy) is 1. The van der Waals surface area contributed by atoms with Crippen LogP contribution < -0.4 is 14.9 Å². The van der Waals surface area contributed by atoms with Crippen molar-refractivity contribution >= 4 is 21.4 Å². The normalized spacial score (nSPS) is 20.9. The van der Waals surface area contributed by atoms with Crippen molar-refractivity contribution in [1.29, 1.82) is 0 Å². The van der Waals surface area contributed by atoms with Crippen LogP contribution in [0.4, 0.5) is 11.4 Å². The van der Waals surface area contributed by atoms with Gasteiger partial charge in [0.25, 0.3) is 0 Å². The predicted molar refractivity (Wildman–Crippen MR) is 113 cm³/mol. The first-order chi connectivity index (χ1) is 12.8. The van der Waals surface area contributed by atoms with Crippen molar-refractivity contribution in [3.8, 4) is 0 Å². The Morgan fingerprint density at radius 2 is 1.63 bits per heavy atom. The molecule has 0 spiro atoms. The maximum absolute atomic E-state index is 11.6. The van der Waals surface area contributed by atoms with E-state index in [1.165, 1.54) is 5.69 Å². The molecule has 0 aromatic heterocycles. The van der Waals surface area contributed by atoms with Gasteiger partial charge in [0.05, 0.1) is 17.5 Å². The summed E-state index contributed by atoms with van der Waals surface area (Å²) in [5.74, 6) is 0. The van der Waals surface area contributed by atoms with Gasteiger partial charge in [0, 0.05) is 37.6 Å². The SMILES string of the molecule is CC(C)S(=O)(=O)NCCCCCNc1ccc(N2C[C@@H](C)O[C@H](C)C2)cc1. The highest BCUT2D eigenvalue weighted by molar-refractivity contribution is 7.90. The molecular formula is C20H35N3O3S. The Morgan fingerprint density at radius 3 is 2.22 bits per heavy atom. The average molecular weight is 398 g/mol. The van der Waals surface area contributed by atoms with Crippen molar-refractivity contribution in [1.82, 2.24) is 4.72 Å². The van der Waals surface area contributed by atoms with Crippen LogP contribution in [0.15, 0.2) is 24.3 Å². The van der Waals surface area contributed by atoms with Crippen LogP contribution in [0.1, 0.15) is 47.0 Å². The fourth-order valence-electron chi connectivity index (χ4n) is 3.22. The Balaban J connectivity index is 1.64. The summed E-state index contributed by atoms with van der Waals surface area (Å²) in [4.78, 5) is 2.38. The molecule has 6 nitrogen and oxygen atoms in total. The van der Waals surface area contributed by atoms with Crippen LogP contribution in [-0.4, -0.2) is 52.1 Å². The minimum absolute atomic E-state index is 0.261. The minimum atomic E-state index is -3.13. The smallest absolute Gasteiger partial charge is 0.213 e. The van der Waals surface area contributed by atoms with Crippen molar-refractivity contribution < 1.29 is 13.2 Å². The van der Waals surface area contributed by atoms with E-state index in [0.29, 0.717) is 6.54 Å². The van der Waals surface area contributed by atoms with Gasteiger partial charge in [0.1, 0.15) is 0 Å². The van der Waals surface area contributed by atoms with Gasteiger partial charge in [-0.1, -0.05) is 6.42 Å². The van der Waals surface area contributed by atoms with Crippen LogP contribution in [0.25, 0.3) is 0 Å². The summed E-state index contributed by atoms with van der Waals surface area (Å²) in [5.41, 5.74) is 2.36.